The largest absolute Gasteiger partial charge is 0.459 e. The summed E-state index contributed by atoms with van der Waals surface area (Å²) in [6, 6.07) is 0. The molecule has 1 aliphatic heterocycles. The Morgan fingerprint density at radius 2 is 1.87 bits per heavy atom. The number of carbonyl (C=O) groups is 2. The molecule has 3 aliphatic carbocycles. The molecule has 30 heavy (non-hydrogen) atoms. The third-order valence-corrected chi connectivity index (χ3v) is 8.48. The fourth-order valence-corrected chi connectivity index (χ4v) is 6.63. The van der Waals surface area contributed by atoms with E-state index in [2.05, 4.69) is 0 Å². The van der Waals surface area contributed by atoms with Gasteiger partial charge in [-0.2, -0.15) is 0 Å². The smallest absolute Gasteiger partial charge is 0.303 e. The normalized spacial score (nSPS) is 47.0. The van der Waals surface area contributed by atoms with Crippen molar-refractivity contribution in [1.29, 1.82) is 0 Å². The first-order valence-electron chi connectivity index (χ1n) is 10.5. The van der Waals surface area contributed by atoms with Crippen LogP contribution in [0, 0.1) is 66.7 Å². The molecule has 1 saturated heterocycles. The number of esters is 1. The molecule has 0 amide bonds. The molecule has 0 aromatic heterocycles. The predicted octanol–water partition coefficient (Wildman–Crippen LogP) is 1.13. The molecule has 1 radical (unpaired) electrons. The molecular formula is C22H32AcO7. The standard InChI is InChI=1S/C22H32O7.Ac/c1-10-13(24)8-22(27)19(29-11(2)23)16-12-9-28-14(12)6-7-21(16,5)18(26)17(25)15(10)20(22,3)4;/h12-14,16-17,19,24-25,27H,6-9H2,1-5H3;/t12-,13+,14-,16+,17-,19+,21-,22-;/m1./s1. The van der Waals surface area contributed by atoms with Gasteiger partial charge in [-0.05, 0) is 30.9 Å². The zero-order valence-electron chi connectivity index (χ0n) is 18.3. The average molecular weight is 635 g/mol. The fourth-order valence-electron chi connectivity index (χ4n) is 6.63. The second-order valence-corrected chi connectivity index (χ2v) is 10.2. The van der Waals surface area contributed by atoms with Crippen LogP contribution in [0.3, 0.4) is 0 Å². The third kappa shape index (κ3) is 3.15. The second-order valence-electron chi connectivity index (χ2n) is 10.2. The topological polar surface area (TPSA) is 113 Å². The van der Waals surface area contributed by atoms with E-state index in [-0.39, 0.29) is 68.3 Å². The SMILES string of the molecule is CC(=O)O[C@H]1[C@@H]2[C@@H]3CO[C@@H]3CC[C@@]2(C)C(=O)[C@H](O)C2=C(C)[C@@H](O)C[C@]1(O)C2(C)C.[Ac]. The zero-order chi connectivity index (χ0) is 21.5. The molecule has 8 atom stereocenters. The number of carbonyl (C=O) groups excluding carboxylic acids is 2. The molecule has 3 N–H and O–H groups in total. The van der Waals surface area contributed by atoms with Crippen molar-refractivity contribution >= 4 is 11.8 Å². The van der Waals surface area contributed by atoms with Crippen molar-refractivity contribution in [3.8, 4) is 0 Å². The van der Waals surface area contributed by atoms with Crippen molar-refractivity contribution in [1.82, 2.24) is 0 Å². The molecule has 4 rings (SSSR count). The molecule has 0 aromatic rings. The van der Waals surface area contributed by atoms with E-state index in [4.69, 9.17) is 9.47 Å². The summed E-state index contributed by atoms with van der Waals surface area (Å²) in [6.45, 7) is 8.74. The number of fused-ring (bicyclic) bond motifs is 5. The van der Waals surface area contributed by atoms with Gasteiger partial charge >= 0.3 is 5.97 Å². The van der Waals surface area contributed by atoms with E-state index >= 15 is 0 Å². The van der Waals surface area contributed by atoms with Gasteiger partial charge < -0.3 is 24.8 Å². The summed E-state index contributed by atoms with van der Waals surface area (Å²) >= 11 is 0. The molecule has 2 bridgehead atoms. The molecule has 0 spiro atoms. The fraction of sp³-hybridized carbons (Fsp3) is 0.818. The molecule has 8 heteroatoms. The summed E-state index contributed by atoms with van der Waals surface area (Å²) in [4.78, 5) is 25.8. The number of aliphatic hydroxyl groups is 3. The molecule has 4 aliphatic rings. The quantitative estimate of drug-likeness (QED) is 0.293. The van der Waals surface area contributed by atoms with Crippen LogP contribution in [0.25, 0.3) is 0 Å². The molecule has 0 unspecified atom stereocenters. The van der Waals surface area contributed by atoms with Crippen molar-refractivity contribution < 1.29 is 78.4 Å². The van der Waals surface area contributed by atoms with Crippen LogP contribution in [-0.4, -0.2) is 63.7 Å². The second kappa shape index (κ2) is 7.88. The van der Waals surface area contributed by atoms with Crippen LogP contribution in [0.1, 0.15) is 53.9 Å². The molecule has 3 fully saturated rings. The Bertz CT molecular complexity index is 792. The number of ketones is 1. The van der Waals surface area contributed by atoms with Crippen molar-refractivity contribution in [2.75, 3.05) is 6.61 Å². The molecular weight excluding hydrogens is 603 g/mol. The number of rotatable bonds is 1. The first kappa shape index (κ1) is 24.8. The van der Waals surface area contributed by atoms with E-state index < -0.39 is 46.6 Å². The summed E-state index contributed by atoms with van der Waals surface area (Å²) in [5, 5.41) is 34.0. The minimum atomic E-state index is -1.64. The Kier molecular flexibility index (Phi) is 6.52. The number of Topliss-reactive ketones (excluding diaryl/α,β-unsaturated/α-hetero) is 1. The number of ether oxygens (including phenoxy) is 2. The van der Waals surface area contributed by atoms with Crippen LogP contribution in [0.15, 0.2) is 11.1 Å². The minimum absolute atomic E-state index is 0. The number of hydrogen-bond donors (Lipinski definition) is 3. The van der Waals surface area contributed by atoms with Crippen molar-refractivity contribution in [2.45, 2.75) is 83.9 Å². The number of aliphatic hydroxyl groups excluding tert-OH is 2. The Morgan fingerprint density at radius 1 is 1.23 bits per heavy atom. The van der Waals surface area contributed by atoms with Gasteiger partial charge in [-0.3, -0.25) is 9.59 Å². The zero-order valence-corrected chi connectivity index (χ0v) is 23.1. The molecule has 7 nitrogen and oxygen atoms in total. The Labute approximate surface area is 213 Å². The molecule has 1 heterocycles. The first-order valence-corrected chi connectivity index (χ1v) is 10.5. The van der Waals surface area contributed by atoms with Crippen molar-refractivity contribution in [3.63, 3.8) is 0 Å². The van der Waals surface area contributed by atoms with E-state index in [1.165, 1.54) is 6.92 Å². The molecule has 165 valence electrons. The van der Waals surface area contributed by atoms with Gasteiger partial charge in [-0.25, -0.2) is 0 Å². The summed E-state index contributed by atoms with van der Waals surface area (Å²) in [5.41, 5.74) is -2.84. The van der Waals surface area contributed by atoms with Crippen molar-refractivity contribution in [3.05, 3.63) is 11.1 Å². The van der Waals surface area contributed by atoms with Crippen LogP contribution in [0.5, 0.6) is 0 Å². The van der Waals surface area contributed by atoms with Crippen LogP contribution >= 0.6 is 0 Å². The maximum Gasteiger partial charge on any atom is 0.303 e. The number of hydrogen-bond acceptors (Lipinski definition) is 7. The predicted molar refractivity (Wildman–Crippen MR) is 103 cm³/mol. The Morgan fingerprint density at radius 3 is 2.40 bits per heavy atom. The summed E-state index contributed by atoms with van der Waals surface area (Å²) < 4.78 is 11.5. The van der Waals surface area contributed by atoms with Crippen LogP contribution in [0.4, 0.5) is 0 Å². The summed E-state index contributed by atoms with van der Waals surface area (Å²) in [5.74, 6) is -1.43. The average Bonchev–Trinajstić information content (AvgIpc) is 2.59. The monoisotopic (exact) mass is 635 g/mol. The van der Waals surface area contributed by atoms with Gasteiger partial charge in [0.15, 0.2) is 5.78 Å². The molecule has 0 aromatic carbocycles. The summed E-state index contributed by atoms with van der Waals surface area (Å²) in [6.07, 6.45) is -2.36. The van der Waals surface area contributed by atoms with E-state index in [0.717, 1.165) is 0 Å². The Balaban J connectivity index is 0.00000256. The molecule has 2 saturated carbocycles. The van der Waals surface area contributed by atoms with Gasteiger partial charge in [-0.15, -0.1) is 0 Å². The van der Waals surface area contributed by atoms with Gasteiger partial charge in [-0.1, -0.05) is 20.8 Å². The maximum atomic E-state index is 13.7. The van der Waals surface area contributed by atoms with Crippen LogP contribution in [0.2, 0.25) is 0 Å². The van der Waals surface area contributed by atoms with Gasteiger partial charge in [0, 0.05) is 80.1 Å². The maximum absolute atomic E-state index is 13.7. The van der Waals surface area contributed by atoms with Crippen LogP contribution < -0.4 is 0 Å². The van der Waals surface area contributed by atoms with E-state index in [0.29, 0.717) is 30.6 Å². The van der Waals surface area contributed by atoms with E-state index in [9.17, 15) is 24.9 Å². The van der Waals surface area contributed by atoms with Crippen LogP contribution in [-0.2, 0) is 19.1 Å². The van der Waals surface area contributed by atoms with E-state index in [1.807, 2.05) is 6.92 Å². The Hall–Kier alpha value is 0.162. The third-order valence-electron chi connectivity index (χ3n) is 8.48. The summed E-state index contributed by atoms with van der Waals surface area (Å²) in [7, 11) is 0. The van der Waals surface area contributed by atoms with E-state index in [1.54, 1.807) is 20.8 Å². The van der Waals surface area contributed by atoms with Gasteiger partial charge in [0.2, 0.25) is 0 Å². The first-order chi connectivity index (χ1) is 13.4. The van der Waals surface area contributed by atoms with Gasteiger partial charge in [0.1, 0.15) is 17.8 Å². The minimum Gasteiger partial charge on any atom is -0.459 e. The van der Waals surface area contributed by atoms with Gasteiger partial charge in [0.05, 0.1) is 18.8 Å². The van der Waals surface area contributed by atoms with Gasteiger partial charge in [0.25, 0.3) is 0 Å². The van der Waals surface area contributed by atoms with Crippen molar-refractivity contribution in [2.24, 2.45) is 22.7 Å².